The molecule has 0 aliphatic carbocycles. The smallest absolute Gasteiger partial charge is 0.228 e. The standard InChI is InChI=1S/C24H26N4O/c29-24(26-22-12-10-20(11-13-22)23-14-15-25-27-23)21-9-5-17-28(18-21)16-4-8-19-6-2-1-3-7-19/h1-4,6-8,10-15,21H,5,9,16-18H2,(H,25,27)(H,26,29)/b8-4+. The molecule has 5 heteroatoms. The maximum absolute atomic E-state index is 12.7. The number of carbonyl (C=O) groups excluding carboxylic acids is 1. The fourth-order valence-electron chi connectivity index (χ4n) is 3.73. The van der Waals surface area contributed by atoms with Crippen molar-refractivity contribution in [2.45, 2.75) is 12.8 Å². The van der Waals surface area contributed by atoms with Crippen molar-refractivity contribution in [1.29, 1.82) is 0 Å². The number of hydrogen-bond donors (Lipinski definition) is 2. The number of hydrogen-bond acceptors (Lipinski definition) is 3. The average Bonchev–Trinajstić information content (AvgIpc) is 3.30. The highest BCUT2D eigenvalue weighted by atomic mass is 16.1. The lowest BCUT2D eigenvalue weighted by Crippen LogP contribution is -2.40. The van der Waals surface area contributed by atoms with Gasteiger partial charge in [0, 0.05) is 25.0 Å². The number of nitrogens with one attached hydrogen (secondary N) is 2. The Labute approximate surface area is 171 Å². The maximum atomic E-state index is 12.7. The van der Waals surface area contributed by atoms with Gasteiger partial charge in [-0.2, -0.15) is 5.10 Å². The summed E-state index contributed by atoms with van der Waals surface area (Å²) in [5.74, 6) is 0.136. The number of rotatable bonds is 6. The molecular formula is C24H26N4O. The number of piperidine rings is 1. The fraction of sp³-hybridized carbons (Fsp3) is 0.250. The summed E-state index contributed by atoms with van der Waals surface area (Å²) < 4.78 is 0. The predicted molar refractivity (Wildman–Crippen MR) is 117 cm³/mol. The molecule has 1 unspecified atom stereocenters. The van der Waals surface area contributed by atoms with Crippen LogP contribution >= 0.6 is 0 Å². The van der Waals surface area contributed by atoms with Gasteiger partial charge in [0.1, 0.15) is 0 Å². The Morgan fingerprint density at radius 3 is 2.72 bits per heavy atom. The molecule has 1 aromatic heterocycles. The lowest BCUT2D eigenvalue weighted by atomic mass is 9.97. The second-order valence-corrected chi connectivity index (χ2v) is 7.45. The minimum atomic E-state index is 0.0289. The molecule has 2 N–H and O–H groups in total. The van der Waals surface area contributed by atoms with E-state index in [1.165, 1.54) is 5.56 Å². The summed E-state index contributed by atoms with van der Waals surface area (Å²) >= 11 is 0. The Bertz CT molecular complexity index is 933. The molecule has 0 saturated carbocycles. The summed E-state index contributed by atoms with van der Waals surface area (Å²) in [6.07, 6.45) is 8.05. The summed E-state index contributed by atoms with van der Waals surface area (Å²) in [5, 5.41) is 10.00. The molecule has 0 bridgehead atoms. The molecule has 1 aliphatic heterocycles. The van der Waals surface area contributed by atoms with Crippen LogP contribution in [-0.4, -0.2) is 40.6 Å². The number of carbonyl (C=O) groups is 1. The zero-order chi connectivity index (χ0) is 19.9. The Hall–Kier alpha value is -3.18. The number of aromatic nitrogens is 2. The SMILES string of the molecule is O=C(Nc1ccc(-c2ccn[nH]2)cc1)C1CCCN(C/C=C/c2ccccc2)C1. The second kappa shape index (κ2) is 9.34. The van der Waals surface area contributed by atoms with Crippen LogP contribution in [0.1, 0.15) is 18.4 Å². The molecule has 5 nitrogen and oxygen atoms in total. The first-order chi connectivity index (χ1) is 14.3. The van der Waals surface area contributed by atoms with Crippen molar-refractivity contribution in [3.63, 3.8) is 0 Å². The maximum Gasteiger partial charge on any atom is 0.228 e. The minimum absolute atomic E-state index is 0.0289. The molecule has 0 radical (unpaired) electrons. The summed E-state index contributed by atoms with van der Waals surface area (Å²) in [5.41, 5.74) is 4.06. The van der Waals surface area contributed by atoms with E-state index >= 15 is 0 Å². The van der Waals surface area contributed by atoms with Crippen LogP contribution in [0.15, 0.2) is 72.9 Å². The number of likely N-dealkylation sites (tertiary alicyclic amines) is 1. The lowest BCUT2D eigenvalue weighted by Gasteiger charge is -2.31. The van der Waals surface area contributed by atoms with Gasteiger partial charge in [-0.1, -0.05) is 54.6 Å². The average molecular weight is 386 g/mol. The van der Waals surface area contributed by atoms with Crippen molar-refractivity contribution in [2.75, 3.05) is 25.0 Å². The number of H-pyrrole nitrogens is 1. The van der Waals surface area contributed by atoms with E-state index in [0.717, 1.165) is 49.4 Å². The molecule has 148 valence electrons. The molecule has 1 atom stereocenters. The van der Waals surface area contributed by atoms with Crippen LogP contribution in [0.5, 0.6) is 0 Å². The van der Waals surface area contributed by atoms with Gasteiger partial charge in [-0.3, -0.25) is 14.8 Å². The van der Waals surface area contributed by atoms with Gasteiger partial charge in [0.2, 0.25) is 5.91 Å². The van der Waals surface area contributed by atoms with Gasteiger partial charge in [-0.15, -0.1) is 0 Å². The normalized spacial score (nSPS) is 17.4. The van der Waals surface area contributed by atoms with E-state index in [4.69, 9.17) is 0 Å². The van der Waals surface area contributed by atoms with E-state index in [9.17, 15) is 4.79 Å². The third kappa shape index (κ3) is 5.21. The zero-order valence-corrected chi connectivity index (χ0v) is 16.4. The molecule has 2 aromatic carbocycles. The van der Waals surface area contributed by atoms with E-state index in [1.807, 2.05) is 48.5 Å². The number of benzene rings is 2. The molecule has 1 saturated heterocycles. The van der Waals surface area contributed by atoms with Gasteiger partial charge in [0.05, 0.1) is 11.6 Å². The van der Waals surface area contributed by atoms with E-state index in [1.54, 1.807) is 6.20 Å². The van der Waals surface area contributed by atoms with Crippen molar-refractivity contribution >= 4 is 17.7 Å². The Kier molecular flexibility index (Phi) is 6.17. The van der Waals surface area contributed by atoms with Crippen LogP contribution in [0.25, 0.3) is 17.3 Å². The first-order valence-corrected chi connectivity index (χ1v) is 10.1. The van der Waals surface area contributed by atoms with E-state index < -0.39 is 0 Å². The van der Waals surface area contributed by atoms with Crippen molar-refractivity contribution in [1.82, 2.24) is 15.1 Å². The Balaban J connectivity index is 1.30. The number of aromatic amines is 1. The molecule has 1 fully saturated rings. The van der Waals surface area contributed by atoms with E-state index in [2.05, 4.69) is 44.7 Å². The highest BCUT2D eigenvalue weighted by Crippen LogP contribution is 2.21. The van der Waals surface area contributed by atoms with E-state index in [0.29, 0.717) is 0 Å². The van der Waals surface area contributed by atoms with Gasteiger partial charge in [0.25, 0.3) is 0 Å². The summed E-state index contributed by atoms with van der Waals surface area (Å²) in [4.78, 5) is 15.1. The van der Waals surface area contributed by atoms with Crippen molar-refractivity contribution in [3.05, 3.63) is 78.5 Å². The molecular weight excluding hydrogens is 360 g/mol. The first-order valence-electron chi connectivity index (χ1n) is 10.1. The second-order valence-electron chi connectivity index (χ2n) is 7.45. The van der Waals surface area contributed by atoms with Crippen LogP contribution in [0, 0.1) is 5.92 Å². The van der Waals surface area contributed by atoms with Gasteiger partial charge in [-0.25, -0.2) is 0 Å². The van der Waals surface area contributed by atoms with Gasteiger partial charge in [-0.05, 0) is 48.7 Å². The molecule has 1 amide bonds. The van der Waals surface area contributed by atoms with Crippen LogP contribution in [-0.2, 0) is 4.79 Å². The predicted octanol–water partition coefficient (Wildman–Crippen LogP) is 4.44. The third-order valence-electron chi connectivity index (χ3n) is 5.31. The van der Waals surface area contributed by atoms with Crippen LogP contribution in [0.3, 0.4) is 0 Å². The third-order valence-corrected chi connectivity index (χ3v) is 5.31. The number of nitrogens with zero attached hydrogens (tertiary/aromatic N) is 2. The van der Waals surface area contributed by atoms with Crippen LogP contribution < -0.4 is 5.32 Å². The summed E-state index contributed by atoms with van der Waals surface area (Å²) in [6, 6.07) is 20.1. The van der Waals surface area contributed by atoms with Gasteiger partial charge < -0.3 is 5.32 Å². The van der Waals surface area contributed by atoms with Crippen molar-refractivity contribution in [3.8, 4) is 11.3 Å². The molecule has 2 heterocycles. The summed E-state index contributed by atoms with van der Waals surface area (Å²) in [6.45, 7) is 2.72. The highest BCUT2D eigenvalue weighted by Gasteiger charge is 2.25. The van der Waals surface area contributed by atoms with Gasteiger partial charge in [0.15, 0.2) is 0 Å². The largest absolute Gasteiger partial charge is 0.326 e. The number of amides is 1. The molecule has 1 aliphatic rings. The molecule has 4 rings (SSSR count). The lowest BCUT2D eigenvalue weighted by molar-refractivity contribution is -0.121. The van der Waals surface area contributed by atoms with Crippen molar-refractivity contribution in [2.24, 2.45) is 5.92 Å². The quantitative estimate of drug-likeness (QED) is 0.658. The summed E-state index contributed by atoms with van der Waals surface area (Å²) in [7, 11) is 0. The highest BCUT2D eigenvalue weighted by molar-refractivity contribution is 5.93. The number of anilines is 1. The Morgan fingerprint density at radius 1 is 1.14 bits per heavy atom. The molecule has 0 spiro atoms. The van der Waals surface area contributed by atoms with Crippen LogP contribution in [0.4, 0.5) is 5.69 Å². The van der Waals surface area contributed by atoms with Crippen molar-refractivity contribution < 1.29 is 4.79 Å². The topological polar surface area (TPSA) is 61.0 Å². The van der Waals surface area contributed by atoms with Crippen LogP contribution in [0.2, 0.25) is 0 Å². The molecule has 29 heavy (non-hydrogen) atoms. The molecule has 3 aromatic rings. The van der Waals surface area contributed by atoms with Gasteiger partial charge >= 0.3 is 0 Å². The van der Waals surface area contributed by atoms with E-state index in [-0.39, 0.29) is 11.8 Å². The fourth-order valence-corrected chi connectivity index (χ4v) is 3.73. The minimum Gasteiger partial charge on any atom is -0.326 e. The monoisotopic (exact) mass is 386 g/mol. The Morgan fingerprint density at radius 2 is 1.97 bits per heavy atom. The zero-order valence-electron chi connectivity index (χ0n) is 16.4. The first kappa shape index (κ1) is 19.2.